The van der Waals surface area contributed by atoms with Crippen molar-refractivity contribution in [2.45, 2.75) is 30.2 Å². The lowest BCUT2D eigenvalue weighted by Crippen LogP contribution is -2.31. The summed E-state index contributed by atoms with van der Waals surface area (Å²) in [5, 5.41) is 3.25. The standard InChI is InChI=1S/C22H21N3O3S/c1-13-4-3-5-14(10-13)12-29-22-24-20-19(21(27)25-22)17(11-18(26)23-20)15-6-8-16(28-2)9-7-15/h3-10,17H,11-12H2,1-2H3,(H2,23,24,25,26,27). The highest BCUT2D eigenvalue weighted by Crippen LogP contribution is 2.35. The fourth-order valence-corrected chi connectivity index (χ4v) is 4.30. The number of hydrogen-bond donors (Lipinski definition) is 2. The summed E-state index contributed by atoms with van der Waals surface area (Å²) in [6, 6.07) is 15.6. The Labute approximate surface area is 172 Å². The van der Waals surface area contributed by atoms with Crippen molar-refractivity contribution in [2.24, 2.45) is 0 Å². The molecule has 0 saturated heterocycles. The predicted octanol–water partition coefficient (Wildman–Crippen LogP) is 3.85. The lowest BCUT2D eigenvalue weighted by molar-refractivity contribution is -0.116. The van der Waals surface area contributed by atoms with Crippen molar-refractivity contribution in [3.63, 3.8) is 0 Å². The van der Waals surface area contributed by atoms with E-state index < -0.39 is 0 Å². The van der Waals surface area contributed by atoms with Gasteiger partial charge < -0.3 is 15.0 Å². The van der Waals surface area contributed by atoms with Gasteiger partial charge in [-0.15, -0.1) is 0 Å². The molecular formula is C22H21N3O3S. The molecule has 1 unspecified atom stereocenters. The smallest absolute Gasteiger partial charge is 0.257 e. The monoisotopic (exact) mass is 407 g/mol. The summed E-state index contributed by atoms with van der Waals surface area (Å²) in [5.41, 5.74) is 3.49. The van der Waals surface area contributed by atoms with Crippen molar-refractivity contribution in [1.82, 2.24) is 9.97 Å². The summed E-state index contributed by atoms with van der Waals surface area (Å²) in [7, 11) is 1.60. The van der Waals surface area contributed by atoms with Gasteiger partial charge in [-0.3, -0.25) is 9.59 Å². The molecule has 1 aromatic heterocycles. The third-order valence-corrected chi connectivity index (χ3v) is 5.85. The first-order valence-electron chi connectivity index (χ1n) is 9.30. The number of aromatic nitrogens is 2. The van der Waals surface area contributed by atoms with Crippen LogP contribution < -0.4 is 15.6 Å². The fraction of sp³-hybridized carbons (Fsp3) is 0.227. The SMILES string of the molecule is COc1ccc(C2CC(=O)Nc3nc(SCc4cccc(C)c4)[nH]c(=O)c32)cc1. The van der Waals surface area contributed by atoms with Gasteiger partial charge in [-0.25, -0.2) is 4.98 Å². The summed E-state index contributed by atoms with van der Waals surface area (Å²) in [5.74, 6) is 1.27. The van der Waals surface area contributed by atoms with Gasteiger partial charge in [0.05, 0.1) is 12.7 Å². The molecule has 6 nitrogen and oxygen atoms in total. The summed E-state index contributed by atoms with van der Waals surface area (Å²) >= 11 is 1.44. The minimum Gasteiger partial charge on any atom is -0.497 e. The molecule has 2 aromatic carbocycles. The maximum atomic E-state index is 12.9. The highest BCUT2D eigenvalue weighted by Gasteiger charge is 2.31. The van der Waals surface area contributed by atoms with Crippen molar-refractivity contribution in [3.8, 4) is 5.75 Å². The topological polar surface area (TPSA) is 84.1 Å². The Bertz CT molecular complexity index is 1110. The highest BCUT2D eigenvalue weighted by molar-refractivity contribution is 7.98. The first kappa shape index (κ1) is 19.3. The number of amides is 1. The number of rotatable bonds is 5. The molecule has 1 aliphatic rings. The normalized spacial score (nSPS) is 15.5. The van der Waals surface area contributed by atoms with E-state index in [0.717, 1.165) is 16.9 Å². The number of anilines is 1. The third-order valence-electron chi connectivity index (χ3n) is 4.91. The van der Waals surface area contributed by atoms with Gasteiger partial charge in [0, 0.05) is 18.1 Å². The van der Waals surface area contributed by atoms with Gasteiger partial charge in [-0.2, -0.15) is 0 Å². The molecule has 29 heavy (non-hydrogen) atoms. The second-order valence-electron chi connectivity index (χ2n) is 6.99. The predicted molar refractivity (Wildman–Crippen MR) is 114 cm³/mol. The number of carbonyl (C=O) groups excluding carboxylic acids is 1. The van der Waals surface area contributed by atoms with Crippen LogP contribution in [-0.2, 0) is 10.5 Å². The molecule has 1 aliphatic heterocycles. The Morgan fingerprint density at radius 3 is 2.69 bits per heavy atom. The number of nitrogens with one attached hydrogen (secondary N) is 2. The zero-order chi connectivity index (χ0) is 20.4. The molecule has 3 aromatic rings. The molecule has 2 heterocycles. The third kappa shape index (κ3) is 4.19. The minimum atomic E-state index is -0.336. The summed E-state index contributed by atoms with van der Waals surface area (Å²) in [6.45, 7) is 2.04. The summed E-state index contributed by atoms with van der Waals surface area (Å²) in [6.07, 6.45) is 0.208. The van der Waals surface area contributed by atoms with Crippen LogP contribution in [0.5, 0.6) is 5.75 Å². The minimum absolute atomic E-state index is 0.147. The molecule has 4 rings (SSSR count). The molecule has 148 valence electrons. The molecule has 1 atom stereocenters. The van der Waals surface area contributed by atoms with E-state index in [2.05, 4.69) is 21.4 Å². The number of carbonyl (C=O) groups is 1. The van der Waals surface area contributed by atoms with Crippen molar-refractivity contribution >= 4 is 23.5 Å². The van der Waals surface area contributed by atoms with Crippen molar-refractivity contribution in [3.05, 3.63) is 81.1 Å². The van der Waals surface area contributed by atoms with E-state index in [0.29, 0.717) is 22.3 Å². The molecule has 0 fully saturated rings. The van der Waals surface area contributed by atoms with Crippen molar-refractivity contribution in [1.29, 1.82) is 0 Å². The van der Waals surface area contributed by atoms with E-state index in [1.807, 2.05) is 49.4 Å². The highest BCUT2D eigenvalue weighted by atomic mass is 32.2. The van der Waals surface area contributed by atoms with Crippen molar-refractivity contribution < 1.29 is 9.53 Å². The van der Waals surface area contributed by atoms with E-state index in [1.54, 1.807) is 7.11 Å². The van der Waals surface area contributed by atoms with Gasteiger partial charge in [0.1, 0.15) is 11.6 Å². The number of hydrogen-bond acceptors (Lipinski definition) is 5. The number of thioether (sulfide) groups is 1. The lowest BCUT2D eigenvalue weighted by Gasteiger charge is -2.24. The zero-order valence-electron chi connectivity index (χ0n) is 16.2. The number of methoxy groups -OCH3 is 1. The zero-order valence-corrected chi connectivity index (χ0v) is 17.0. The van der Waals surface area contributed by atoms with Crippen LogP contribution in [0, 0.1) is 6.92 Å². The van der Waals surface area contributed by atoms with Crippen LogP contribution >= 0.6 is 11.8 Å². The first-order valence-corrected chi connectivity index (χ1v) is 10.3. The van der Waals surface area contributed by atoms with Crippen molar-refractivity contribution in [2.75, 3.05) is 12.4 Å². The second kappa shape index (κ2) is 8.13. The Hall–Kier alpha value is -3.06. The Balaban J connectivity index is 1.63. The van der Waals surface area contributed by atoms with Crippen LogP contribution in [-0.4, -0.2) is 23.0 Å². The first-order chi connectivity index (χ1) is 14.0. The van der Waals surface area contributed by atoms with E-state index in [-0.39, 0.29) is 23.8 Å². The molecule has 0 spiro atoms. The van der Waals surface area contributed by atoms with Crippen LogP contribution in [0.15, 0.2) is 58.5 Å². The quantitative estimate of drug-likeness (QED) is 0.496. The van der Waals surface area contributed by atoms with Gasteiger partial charge >= 0.3 is 0 Å². The second-order valence-corrected chi connectivity index (χ2v) is 7.95. The molecule has 0 saturated carbocycles. The summed E-state index contributed by atoms with van der Waals surface area (Å²) < 4.78 is 5.19. The Morgan fingerprint density at radius 2 is 1.97 bits per heavy atom. The van der Waals surface area contributed by atoms with Gasteiger partial charge in [-0.1, -0.05) is 53.7 Å². The molecule has 0 aliphatic carbocycles. The van der Waals surface area contributed by atoms with Crippen LogP contribution in [0.1, 0.15) is 34.6 Å². The number of H-pyrrole nitrogens is 1. The molecule has 2 N–H and O–H groups in total. The van der Waals surface area contributed by atoms with E-state index in [1.165, 1.54) is 17.3 Å². The molecule has 1 amide bonds. The van der Waals surface area contributed by atoms with Gasteiger partial charge in [0.2, 0.25) is 5.91 Å². The van der Waals surface area contributed by atoms with E-state index >= 15 is 0 Å². The maximum Gasteiger partial charge on any atom is 0.257 e. The van der Waals surface area contributed by atoms with Gasteiger partial charge in [-0.05, 0) is 30.2 Å². The summed E-state index contributed by atoms with van der Waals surface area (Å²) in [4.78, 5) is 32.6. The van der Waals surface area contributed by atoms with Crippen LogP contribution in [0.25, 0.3) is 0 Å². The van der Waals surface area contributed by atoms with Crippen LogP contribution in [0.4, 0.5) is 5.82 Å². The number of ether oxygens (including phenoxy) is 1. The average Bonchev–Trinajstić information content (AvgIpc) is 2.71. The number of aryl methyl sites for hydroxylation is 1. The molecule has 0 bridgehead atoms. The number of nitrogens with zero attached hydrogens (tertiary/aromatic N) is 1. The Morgan fingerprint density at radius 1 is 1.17 bits per heavy atom. The van der Waals surface area contributed by atoms with E-state index in [9.17, 15) is 9.59 Å². The van der Waals surface area contributed by atoms with Gasteiger partial charge in [0.15, 0.2) is 5.16 Å². The van der Waals surface area contributed by atoms with Crippen LogP contribution in [0.3, 0.4) is 0 Å². The Kier molecular flexibility index (Phi) is 5.40. The largest absolute Gasteiger partial charge is 0.497 e. The molecular weight excluding hydrogens is 386 g/mol. The number of benzene rings is 2. The average molecular weight is 407 g/mol. The molecule has 0 radical (unpaired) electrons. The number of aromatic amines is 1. The molecule has 7 heteroatoms. The fourth-order valence-electron chi connectivity index (χ4n) is 3.49. The van der Waals surface area contributed by atoms with Gasteiger partial charge in [0.25, 0.3) is 5.56 Å². The van der Waals surface area contributed by atoms with E-state index in [4.69, 9.17) is 4.74 Å². The van der Waals surface area contributed by atoms with Crippen LogP contribution in [0.2, 0.25) is 0 Å². The maximum absolute atomic E-state index is 12.9. The number of fused-ring (bicyclic) bond motifs is 1. The lowest BCUT2D eigenvalue weighted by atomic mass is 9.87.